The lowest BCUT2D eigenvalue weighted by molar-refractivity contribution is 0.416. The summed E-state index contributed by atoms with van der Waals surface area (Å²) in [6.07, 6.45) is 0. The lowest BCUT2D eigenvalue weighted by atomic mass is 10.1. The van der Waals surface area contributed by atoms with Gasteiger partial charge in [0.05, 0.1) is 18.4 Å². The summed E-state index contributed by atoms with van der Waals surface area (Å²) < 4.78 is 7.63. The van der Waals surface area contributed by atoms with E-state index in [2.05, 4.69) is 59.2 Å². The summed E-state index contributed by atoms with van der Waals surface area (Å²) in [7, 11) is 1.70. The van der Waals surface area contributed by atoms with Crippen molar-refractivity contribution in [3.05, 3.63) is 72.1 Å². The molecule has 0 N–H and O–H groups in total. The highest BCUT2D eigenvalue weighted by molar-refractivity contribution is 5.84. The molecule has 158 valence electrons. The first-order valence-corrected chi connectivity index (χ1v) is 10.7. The van der Waals surface area contributed by atoms with Crippen LogP contribution in [0.15, 0.2) is 60.7 Å². The fourth-order valence-corrected chi connectivity index (χ4v) is 4.45. The van der Waals surface area contributed by atoms with E-state index < -0.39 is 0 Å². The van der Waals surface area contributed by atoms with Crippen molar-refractivity contribution in [1.82, 2.24) is 14.6 Å². The third kappa shape index (κ3) is 3.48. The Labute approximate surface area is 182 Å². The molecule has 0 spiro atoms. The van der Waals surface area contributed by atoms with Crippen LogP contribution in [-0.4, -0.2) is 47.9 Å². The highest BCUT2D eigenvalue weighted by atomic mass is 16.5. The molecular weight excluding hydrogens is 386 g/mol. The van der Waals surface area contributed by atoms with Gasteiger partial charge in [0, 0.05) is 49.2 Å². The molecular formula is C25H27N5O. The Bertz CT molecular complexity index is 1210. The molecule has 2 aromatic heterocycles. The zero-order valence-corrected chi connectivity index (χ0v) is 18.2. The quantitative estimate of drug-likeness (QED) is 0.498. The lowest BCUT2D eigenvalue weighted by Crippen LogP contribution is -2.47. The normalized spacial score (nSPS) is 14.3. The molecule has 0 amide bonds. The van der Waals surface area contributed by atoms with E-state index in [1.807, 2.05) is 29.6 Å². The molecule has 1 aliphatic rings. The summed E-state index contributed by atoms with van der Waals surface area (Å²) >= 11 is 0. The molecule has 5 rings (SSSR count). The zero-order valence-electron chi connectivity index (χ0n) is 18.2. The number of hydrogen-bond donors (Lipinski definition) is 0. The van der Waals surface area contributed by atoms with Crippen LogP contribution in [0.1, 0.15) is 11.4 Å². The van der Waals surface area contributed by atoms with Gasteiger partial charge in [-0.1, -0.05) is 36.4 Å². The number of ether oxygens (including phenoxy) is 1. The first-order valence-electron chi connectivity index (χ1n) is 10.7. The van der Waals surface area contributed by atoms with Crippen molar-refractivity contribution in [1.29, 1.82) is 0 Å². The van der Waals surface area contributed by atoms with Crippen LogP contribution >= 0.6 is 0 Å². The average Bonchev–Trinajstić information content (AvgIpc) is 3.14. The van der Waals surface area contributed by atoms with Crippen molar-refractivity contribution < 1.29 is 4.74 Å². The summed E-state index contributed by atoms with van der Waals surface area (Å²) in [5, 5.41) is 4.90. The first-order chi connectivity index (χ1) is 15.2. The summed E-state index contributed by atoms with van der Waals surface area (Å²) in [5.74, 6) is 1.93. The molecule has 0 saturated carbocycles. The minimum absolute atomic E-state index is 0.835. The van der Waals surface area contributed by atoms with E-state index in [0.29, 0.717) is 0 Å². The highest BCUT2D eigenvalue weighted by Gasteiger charge is 2.23. The summed E-state index contributed by atoms with van der Waals surface area (Å²) in [4.78, 5) is 9.73. The number of para-hydroxylation sites is 2. The Morgan fingerprint density at radius 3 is 2.26 bits per heavy atom. The van der Waals surface area contributed by atoms with Crippen molar-refractivity contribution in [2.24, 2.45) is 0 Å². The molecule has 1 saturated heterocycles. The van der Waals surface area contributed by atoms with Gasteiger partial charge < -0.3 is 14.5 Å². The summed E-state index contributed by atoms with van der Waals surface area (Å²) in [5.41, 5.74) is 6.16. The summed E-state index contributed by atoms with van der Waals surface area (Å²) in [6, 6.07) is 20.8. The zero-order chi connectivity index (χ0) is 21.4. The van der Waals surface area contributed by atoms with Crippen LogP contribution in [-0.2, 0) is 0 Å². The predicted octanol–water partition coefficient (Wildman–Crippen LogP) is 4.35. The number of methoxy groups -OCH3 is 1. The molecule has 6 heteroatoms. The standard InChI is InChI=1S/C25H27N5O/c1-18-17-23(29-15-13-28(14-16-29)20-9-5-4-6-10-20)30-25(26-18)24(19(2)27-30)21-11-7-8-12-22(21)31-3/h4-12,17H,13-16H2,1-3H3. The number of benzene rings is 2. The Hall–Kier alpha value is -3.54. The van der Waals surface area contributed by atoms with Crippen molar-refractivity contribution >= 4 is 17.2 Å². The second-order valence-electron chi connectivity index (χ2n) is 7.96. The molecule has 0 aliphatic carbocycles. The first kappa shape index (κ1) is 19.4. The van der Waals surface area contributed by atoms with E-state index >= 15 is 0 Å². The van der Waals surface area contributed by atoms with Crippen molar-refractivity contribution in [3.8, 4) is 16.9 Å². The number of piperazine rings is 1. The van der Waals surface area contributed by atoms with Crippen LogP contribution in [0.5, 0.6) is 5.75 Å². The van der Waals surface area contributed by atoms with Crippen molar-refractivity contribution in [2.45, 2.75) is 13.8 Å². The monoisotopic (exact) mass is 413 g/mol. The van der Waals surface area contributed by atoms with Gasteiger partial charge in [-0.3, -0.25) is 0 Å². The van der Waals surface area contributed by atoms with E-state index in [-0.39, 0.29) is 0 Å². The predicted molar refractivity (Wildman–Crippen MR) is 125 cm³/mol. The molecule has 0 bridgehead atoms. The maximum atomic E-state index is 5.62. The highest BCUT2D eigenvalue weighted by Crippen LogP contribution is 2.36. The second-order valence-corrected chi connectivity index (χ2v) is 7.96. The lowest BCUT2D eigenvalue weighted by Gasteiger charge is -2.37. The van der Waals surface area contributed by atoms with Gasteiger partial charge in [-0.25, -0.2) is 4.98 Å². The molecule has 2 aromatic carbocycles. The van der Waals surface area contributed by atoms with Crippen LogP contribution in [0.3, 0.4) is 0 Å². The second kappa shape index (κ2) is 7.95. The molecule has 0 unspecified atom stereocenters. The van der Waals surface area contributed by atoms with Crippen LogP contribution in [0.25, 0.3) is 16.8 Å². The fourth-order valence-electron chi connectivity index (χ4n) is 4.45. The van der Waals surface area contributed by atoms with E-state index in [0.717, 1.165) is 65.9 Å². The van der Waals surface area contributed by atoms with Crippen LogP contribution in [0.4, 0.5) is 11.5 Å². The van der Waals surface area contributed by atoms with E-state index in [1.54, 1.807) is 7.11 Å². The third-order valence-corrected chi connectivity index (χ3v) is 5.97. The van der Waals surface area contributed by atoms with Gasteiger partial charge in [-0.05, 0) is 32.0 Å². The van der Waals surface area contributed by atoms with Gasteiger partial charge in [0.1, 0.15) is 11.6 Å². The van der Waals surface area contributed by atoms with Crippen LogP contribution in [0, 0.1) is 13.8 Å². The maximum absolute atomic E-state index is 5.62. The Kier molecular flexibility index (Phi) is 4.98. The van der Waals surface area contributed by atoms with Crippen LogP contribution in [0.2, 0.25) is 0 Å². The smallest absolute Gasteiger partial charge is 0.165 e. The Morgan fingerprint density at radius 2 is 1.52 bits per heavy atom. The van der Waals surface area contributed by atoms with Gasteiger partial charge in [0.15, 0.2) is 5.65 Å². The number of fused-ring (bicyclic) bond motifs is 1. The Balaban J connectivity index is 1.52. The van der Waals surface area contributed by atoms with Gasteiger partial charge in [0.25, 0.3) is 0 Å². The minimum Gasteiger partial charge on any atom is -0.496 e. The number of hydrogen-bond acceptors (Lipinski definition) is 5. The summed E-state index contributed by atoms with van der Waals surface area (Å²) in [6.45, 7) is 7.94. The molecule has 1 aliphatic heterocycles. The average molecular weight is 414 g/mol. The molecule has 6 nitrogen and oxygen atoms in total. The van der Waals surface area contributed by atoms with Gasteiger partial charge in [-0.15, -0.1) is 0 Å². The molecule has 31 heavy (non-hydrogen) atoms. The maximum Gasteiger partial charge on any atom is 0.165 e. The van der Waals surface area contributed by atoms with E-state index in [1.165, 1.54) is 5.69 Å². The SMILES string of the molecule is COc1ccccc1-c1c(C)nn2c(N3CCN(c4ccccc4)CC3)cc(C)nc12. The fraction of sp³-hybridized carbons (Fsp3) is 0.280. The third-order valence-electron chi connectivity index (χ3n) is 5.97. The minimum atomic E-state index is 0.835. The number of aromatic nitrogens is 3. The molecule has 1 fully saturated rings. The van der Waals surface area contributed by atoms with E-state index in [9.17, 15) is 0 Å². The topological polar surface area (TPSA) is 45.9 Å². The van der Waals surface area contributed by atoms with E-state index in [4.69, 9.17) is 14.8 Å². The largest absolute Gasteiger partial charge is 0.496 e. The van der Waals surface area contributed by atoms with Gasteiger partial charge in [0.2, 0.25) is 0 Å². The molecule has 0 atom stereocenters. The Morgan fingerprint density at radius 1 is 0.839 bits per heavy atom. The number of aryl methyl sites for hydroxylation is 2. The number of nitrogens with zero attached hydrogens (tertiary/aromatic N) is 5. The van der Waals surface area contributed by atoms with Crippen molar-refractivity contribution in [2.75, 3.05) is 43.1 Å². The number of rotatable bonds is 4. The molecule has 4 aromatic rings. The molecule has 3 heterocycles. The molecule has 0 radical (unpaired) electrons. The van der Waals surface area contributed by atoms with Crippen LogP contribution < -0.4 is 14.5 Å². The van der Waals surface area contributed by atoms with Gasteiger partial charge in [-0.2, -0.15) is 9.61 Å². The number of anilines is 2. The van der Waals surface area contributed by atoms with Crippen molar-refractivity contribution in [3.63, 3.8) is 0 Å². The van der Waals surface area contributed by atoms with Gasteiger partial charge >= 0.3 is 0 Å².